The second-order valence-electron chi connectivity index (χ2n) is 6.71. The fraction of sp³-hybridized carbons (Fsp3) is 0.333. The minimum absolute atomic E-state index is 0.361. The first kappa shape index (κ1) is 15.9. The topological polar surface area (TPSA) is 87.4 Å². The quantitative estimate of drug-likeness (QED) is 0.733. The Bertz CT molecular complexity index is 1060. The lowest BCUT2D eigenvalue weighted by Crippen LogP contribution is -2.42. The fourth-order valence-corrected chi connectivity index (χ4v) is 5.26. The first-order valence-corrected chi connectivity index (χ1v) is 10.3. The molecule has 0 bridgehead atoms. The molecule has 0 unspecified atom stereocenters. The van der Waals surface area contributed by atoms with E-state index in [-0.39, 0.29) is 0 Å². The lowest BCUT2D eigenvalue weighted by atomic mass is 9.89. The Morgan fingerprint density at radius 2 is 2.20 bits per heavy atom. The monoisotopic (exact) mass is 353 g/mol. The number of nitrogens with zero attached hydrogens (tertiary/aromatic N) is 4. The Hall–Kier alpha value is -2.59. The number of hydrogen-bond donors (Lipinski definition) is 1. The third kappa shape index (κ3) is 2.72. The lowest BCUT2D eigenvalue weighted by molar-refractivity contribution is 0.236. The van der Waals surface area contributed by atoms with Gasteiger partial charge in [-0.3, -0.25) is 8.89 Å². The summed E-state index contributed by atoms with van der Waals surface area (Å²) in [6.07, 6.45) is 9.16. The molecule has 0 atom stereocenters. The van der Waals surface area contributed by atoms with Crippen molar-refractivity contribution in [2.75, 3.05) is 11.5 Å². The molecule has 0 aliphatic carbocycles. The summed E-state index contributed by atoms with van der Waals surface area (Å²) in [5.74, 6) is 4.92. The summed E-state index contributed by atoms with van der Waals surface area (Å²) in [5, 5.41) is 14.9. The third-order valence-corrected chi connectivity index (χ3v) is 7.02. The molecule has 1 aliphatic heterocycles. The van der Waals surface area contributed by atoms with Crippen LogP contribution in [0.25, 0.3) is 22.2 Å². The SMILES string of the molecule is C=S1(=O)CCC(CC#N)(n2cc(-c3ccnc4[nH]ccc34)cn2)CC1. The maximum absolute atomic E-state index is 12.2. The van der Waals surface area contributed by atoms with Gasteiger partial charge >= 0.3 is 0 Å². The van der Waals surface area contributed by atoms with Gasteiger partial charge in [0.2, 0.25) is 0 Å². The molecule has 4 heterocycles. The van der Waals surface area contributed by atoms with Crippen molar-refractivity contribution < 1.29 is 4.21 Å². The van der Waals surface area contributed by atoms with Gasteiger partial charge < -0.3 is 4.98 Å². The zero-order chi connectivity index (χ0) is 17.5. The number of rotatable bonds is 3. The van der Waals surface area contributed by atoms with Gasteiger partial charge in [0.25, 0.3) is 0 Å². The van der Waals surface area contributed by atoms with Crippen molar-refractivity contribution in [3.05, 3.63) is 36.9 Å². The van der Waals surface area contributed by atoms with Crippen LogP contribution < -0.4 is 0 Å². The van der Waals surface area contributed by atoms with Gasteiger partial charge in [0.15, 0.2) is 0 Å². The Morgan fingerprint density at radius 3 is 2.96 bits per heavy atom. The fourth-order valence-electron chi connectivity index (χ4n) is 3.55. The molecule has 128 valence electrons. The summed E-state index contributed by atoms with van der Waals surface area (Å²) in [7, 11) is -2.01. The molecular weight excluding hydrogens is 334 g/mol. The van der Waals surface area contributed by atoms with Crippen LogP contribution in [0.4, 0.5) is 0 Å². The van der Waals surface area contributed by atoms with Gasteiger partial charge in [-0.2, -0.15) is 10.4 Å². The van der Waals surface area contributed by atoms with E-state index in [1.54, 1.807) is 6.20 Å². The summed E-state index contributed by atoms with van der Waals surface area (Å²) in [6.45, 7) is 0. The summed E-state index contributed by atoms with van der Waals surface area (Å²) in [4.78, 5) is 7.43. The van der Waals surface area contributed by atoms with Crippen LogP contribution in [0, 0.1) is 11.3 Å². The van der Waals surface area contributed by atoms with E-state index in [0.29, 0.717) is 30.8 Å². The molecule has 0 saturated carbocycles. The van der Waals surface area contributed by atoms with Crippen molar-refractivity contribution in [1.82, 2.24) is 19.7 Å². The molecule has 25 heavy (non-hydrogen) atoms. The van der Waals surface area contributed by atoms with Gasteiger partial charge in [-0.25, -0.2) is 4.98 Å². The van der Waals surface area contributed by atoms with E-state index in [2.05, 4.69) is 27.0 Å². The largest absolute Gasteiger partial charge is 0.346 e. The molecule has 1 saturated heterocycles. The van der Waals surface area contributed by atoms with E-state index in [0.717, 1.165) is 22.2 Å². The van der Waals surface area contributed by atoms with Crippen molar-refractivity contribution in [3.63, 3.8) is 0 Å². The molecule has 6 nitrogen and oxygen atoms in total. The predicted octanol–water partition coefficient (Wildman–Crippen LogP) is 2.55. The van der Waals surface area contributed by atoms with Gasteiger partial charge in [-0.15, -0.1) is 0 Å². The lowest BCUT2D eigenvalue weighted by Gasteiger charge is -2.37. The number of H-pyrrole nitrogens is 1. The molecular formula is C18H19N5OS. The van der Waals surface area contributed by atoms with Crippen LogP contribution in [0.5, 0.6) is 0 Å². The number of nitrogens with one attached hydrogen (secondary N) is 1. The van der Waals surface area contributed by atoms with Gasteiger partial charge in [-0.05, 0) is 45.9 Å². The van der Waals surface area contributed by atoms with Crippen LogP contribution in [0.2, 0.25) is 0 Å². The number of fused-ring (bicyclic) bond motifs is 1. The minimum atomic E-state index is -2.01. The van der Waals surface area contributed by atoms with E-state index in [1.807, 2.05) is 35.4 Å². The molecule has 1 aliphatic rings. The normalized spacial score (nSPS) is 26.5. The molecule has 0 spiro atoms. The first-order valence-electron chi connectivity index (χ1n) is 8.20. The average molecular weight is 353 g/mol. The second-order valence-corrected chi connectivity index (χ2v) is 9.45. The molecule has 7 heteroatoms. The van der Waals surface area contributed by atoms with Crippen molar-refractivity contribution in [3.8, 4) is 17.2 Å². The van der Waals surface area contributed by atoms with Gasteiger partial charge in [0.1, 0.15) is 5.65 Å². The summed E-state index contributed by atoms with van der Waals surface area (Å²) >= 11 is 0. The van der Waals surface area contributed by atoms with E-state index in [1.165, 1.54) is 0 Å². The molecule has 3 aromatic rings. The zero-order valence-electron chi connectivity index (χ0n) is 13.8. The van der Waals surface area contributed by atoms with Crippen molar-refractivity contribution in [2.45, 2.75) is 24.8 Å². The van der Waals surface area contributed by atoms with Gasteiger partial charge in [0, 0.05) is 41.0 Å². The van der Waals surface area contributed by atoms with E-state index in [9.17, 15) is 9.47 Å². The van der Waals surface area contributed by atoms with Gasteiger partial charge in [-0.1, -0.05) is 0 Å². The molecule has 1 fully saturated rings. The van der Waals surface area contributed by atoms with Crippen LogP contribution in [0.15, 0.2) is 36.9 Å². The number of nitriles is 1. The van der Waals surface area contributed by atoms with Crippen LogP contribution in [0.3, 0.4) is 0 Å². The highest BCUT2D eigenvalue weighted by Gasteiger charge is 2.37. The highest BCUT2D eigenvalue weighted by molar-refractivity contribution is 8.00. The summed E-state index contributed by atoms with van der Waals surface area (Å²) < 4.78 is 14.1. The zero-order valence-corrected chi connectivity index (χ0v) is 14.6. The first-order chi connectivity index (χ1) is 12.0. The maximum Gasteiger partial charge on any atom is 0.137 e. The van der Waals surface area contributed by atoms with Crippen LogP contribution >= 0.6 is 0 Å². The van der Waals surface area contributed by atoms with Crippen LogP contribution in [0.1, 0.15) is 19.3 Å². The molecule has 0 amide bonds. The maximum atomic E-state index is 12.2. The average Bonchev–Trinajstić information content (AvgIpc) is 3.26. The Kier molecular flexibility index (Phi) is 3.65. The molecule has 4 rings (SSSR count). The smallest absolute Gasteiger partial charge is 0.137 e. The van der Waals surface area contributed by atoms with Crippen molar-refractivity contribution in [2.24, 2.45) is 0 Å². The molecule has 3 aromatic heterocycles. The van der Waals surface area contributed by atoms with Crippen LogP contribution in [-0.4, -0.2) is 41.3 Å². The number of hydrogen-bond acceptors (Lipinski definition) is 4. The number of pyridine rings is 1. The Labute approximate surface area is 146 Å². The van der Waals surface area contributed by atoms with E-state index >= 15 is 0 Å². The third-order valence-electron chi connectivity index (χ3n) is 5.13. The Morgan fingerprint density at radius 1 is 1.40 bits per heavy atom. The minimum Gasteiger partial charge on any atom is -0.346 e. The highest BCUT2D eigenvalue weighted by atomic mass is 32.2. The van der Waals surface area contributed by atoms with E-state index in [4.69, 9.17) is 0 Å². The molecule has 1 N–H and O–H groups in total. The molecule has 0 radical (unpaired) electrons. The second kappa shape index (κ2) is 5.74. The highest BCUT2D eigenvalue weighted by Crippen LogP contribution is 2.36. The van der Waals surface area contributed by atoms with Crippen molar-refractivity contribution in [1.29, 1.82) is 5.26 Å². The van der Waals surface area contributed by atoms with Crippen LogP contribution in [-0.2, 0) is 15.1 Å². The predicted molar refractivity (Wildman–Crippen MR) is 99.8 cm³/mol. The standard InChI is InChI=1S/C18H19N5OS/c1-25(24)10-5-18(4-7-19,6-11-25)23-13-14(12-22-23)15-2-8-20-17-16(15)3-9-21-17/h2-3,8-9,12-13H,1,4-6,10-11H2,(H,20,21). The Balaban J connectivity index is 1.75. The van der Waals surface area contributed by atoms with Gasteiger partial charge in [0.05, 0.1) is 24.2 Å². The summed E-state index contributed by atoms with van der Waals surface area (Å²) in [5.41, 5.74) is 2.49. The number of aromatic amines is 1. The van der Waals surface area contributed by atoms with E-state index < -0.39 is 15.1 Å². The molecule has 0 aromatic carbocycles. The van der Waals surface area contributed by atoms with Crippen molar-refractivity contribution >= 4 is 26.4 Å². The number of aromatic nitrogens is 4. The summed E-state index contributed by atoms with van der Waals surface area (Å²) in [6, 6.07) is 6.26.